The summed E-state index contributed by atoms with van der Waals surface area (Å²) in [5.41, 5.74) is 5.63. The number of nitrogens with two attached hydrogens (primary N) is 1. The Bertz CT molecular complexity index is 429. The molecule has 0 saturated carbocycles. The van der Waals surface area contributed by atoms with Gasteiger partial charge < -0.3 is 10.8 Å². The Labute approximate surface area is 101 Å². The van der Waals surface area contributed by atoms with Crippen molar-refractivity contribution in [1.82, 2.24) is 0 Å². The van der Waals surface area contributed by atoms with Crippen molar-refractivity contribution in [3.8, 4) is 6.07 Å². The highest BCUT2D eigenvalue weighted by molar-refractivity contribution is 9.10. The van der Waals surface area contributed by atoms with Crippen LogP contribution in [0.4, 0.5) is 11.4 Å². The number of halogens is 1. The molecule has 0 aliphatic carbocycles. The molecule has 0 unspecified atom stereocenters. The van der Waals surface area contributed by atoms with E-state index in [4.69, 9.17) is 16.1 Å². The van der Waals surface area contributed by atoms with Gasteiger partial charge in [0.1, 0.15) is 6.07 Å². The predicted molar refractivity (Wildman–Crippen MR) is 62.7 cm³/mol. The average Bonchev–Trinajstić information content (AvgIpc) is 2.22. The molecule has 0 atom stereocenters. The zero-order chi connectivity index (χ0) is 12.7. The van der Waals surface area contributed by atoms with Gasteiger partial charge in [0.2, 0.25) is 0 Å². The molecule has 0 spiro atoms. The Morgan fingerprint density at radius 3 is 2.56 bits per heavy atom. The zero-order valence-electron chi connectivity index (χ0n) is 8.48. The third-order valence-corrected chi connectivity index (χ3v) is 2.10. The number of nitro benzene ring substituents is 1. The second kappa shape index (κ2) is 6.76. The first kappa shape index (κ1) is 14.3. The number of anilines is 1. The summed E-state index contributed by atoms with van der Waals surface area (Å²) < 4.78 is 0.359. The van der Waals surface area contributed by atoms with Crippen molar-refractivity contribution in [3.63, 3.8) is 0 Å². The highest BCUT2D eigenvalue weighted by Crippen LogP contribution is 2.28. The van der Waals surface area contributed by atoms with E-state index >= 15 is 0 Å². The molecule has 1 rings (SSSR count). The molecule has 0 aliphatic heterocycles. The Morgan fingerprint density at radius 1 is 1.69 bits per heavy atom. The number of aliphatic hydroxyl groups excluding tert-OH is 1. The summed E-state index contributed by atoms with van der Waals surface area (Å²) in [7, 11) is 0. The normalized spacial score (nSPS) is 8.62. The molecule has 6 nitrogen and oxygen atoms in total. The van der Waals surface area contributed by atoms with Gasteiger partial charge in [-0.2, -0.15) is 5.26 Å². The first-order valence-electron chi connectivity index (χ1n) is 4.22. The fourth-order valence-corrected chi connectivity index (χ4v) is 1.25. The van der Waals surface area contributed by atoms with Crippen LogP contribution in [0.2, 0.25) is 0 Å². The lowest BCUT2D eigenvalue weighted by Crippen LogP contribution is -1.95. The van der Waals surface area contributed by atoms with Crippen molar-refractivity contribution >= 4 is 27.3 Å². The van der Waals surface area contributed by atoms with Gasteiger partial charge in [-0.15, -0.1) is 0 Å². The molecule has 86 valence electrons. The van der Waals surface area contributed by atoms with Gasteiger partial charge in [-0.1, -0.05) is 0 Å². The van der Waals surface area contributed by atoms with Gasteiger partial charge in [-0.3, -0.25) is 10.1 Å². The van der Waals surface area contributed by atoms with Crippen LogP contribution in [0.3, 0.4) is 0 Å². The summed E-state index contributed by atoms with van der Waals surface area (Å²) in [5.74, 6) is 0. The summed E-state index contributed by atoms with van der Waals surface area (Å²) in [6.45, 7) is 1.93. The van der Waals surface area contributed by atoms with E-state index in [-0.39, 0.29) is 23.5 Å². The van der Waals surface area contributed by atoms with E-state index in [1.54, 1.807) is 13.0 Å². The molecule has 0 aliphatic rings. The molecule has 3 N–H and O–H groups in total. The van der Waals surface area contributed by atoms with Gasteiger partial charge in [0.05, 0.1) is 16.2 Å². The summed E-state index contributed by atoms with van der Waals surface area (Å²) >= 11 is 3.03. The van der Waals surface area contributed by atoms with Crippen LogP contribution in [0.1, 0.15) is 12.5 Å². The molecule has 1 aromatic rings. The number of nitrogens with zero attached hydrogens (tertiary/aromatic N) is 2. The quantitative estimate of drug-likeness (QED) is 0.464. The molecule has 7 heteroatoms. The van der Waals surface area contributed by atoms with E-state index in [2.05, 4.69) is 15.9 Å². The average molecular weight is 288 g/mol. The highest BCUT2D eigenvalue weighted by atomic mass is 79.9. The maximum Gasteiger partial charge on any atom is 0.272 e. The Morgan fingerprint density at radius 2 is 2.19 bits per heavy atom. The van der Waals surface area contributed by atoms with Crippen molar-refractivity contribution in [2.45, 2.75) is 6.92 Å². The van der Waals surface area contributed by atoms with E-state index < -0.39 is 4.92 Å². The molecule has 16 heavy (non-hydrogen) atoms. The third-order valence-electron chi connectivity index (χ3n) is 1.45. The van der Waals surface area contributed by atoms with Crippen LogP contribution in [0.5, 0.6) is 0 Å². The van der Waals surface area contributed by atoms with Crippen LogP contribution in [-0.4, -0.2) is 16.6 Å². The number of non-ortho nitro benzene ring substituents is 1. The number of aliphatic hydroxyl groups is 1. The number of nitro groups is 1. The molecular formula is C9H10BrN3O3. The van der Waals surface area contributed by atoms with Crippen LogP contribution in [0, 0.1) is 21.4 Å². The van der Waals surface area contributed by atoms with E-state index in [1.807, 2.05) is 0 Å². The Hall–Kier alpha value is -1.65. The molecule has 0 radical (unpaired) electrons. The van der Waals surface area contributed by atoms with Gasteiger partial charge in [-0.25, -0.2) is 0 Å². The Balaban J connectivity index is 0.000000673. The summed E-state index contributed by atoms with van der Waals surface area (Å²) in [6, 6.07) is 4.17. The fourth-order valence-electron chi connectivity index (χ4n) is 0.801. The monoisotopic (exact) mass is 287 g/mol. The standard InChI is InChI=1S/C7H4BrN3O2.C2H6O/c8-6-2-5(11(12)13)1-4(3-9)7(6)10;1-2-3/h1-2H,10H2;3H,2H2,1H3. The van der Waals surface area contributed by atoms with E-state index in [0.717, 1.165) is 6.07 Å². The highest BCUT2D eigenvalue weighted by Gasteiger charge is 2.12. The van der Waals surface area contributed by atoms with E-state index in [9.17, 15) is 10.1 Å². The number of hydrogen-bond acceptors (Lipinski definition) is 5. The van der Waals surface area contributed by atoms with Crippen molar-refractivity contribution in [3.05, 3.63) is 32.3 Å². The molecule has 0 bridgehead atoms. The predicted octanol–water partition coefficient (Wildman–Crippen LogP) is 1.81. The summed E-state index contributed by atoms with van der Waals surface area (Å²) in [4.78, 5) is 9.79. The maximum atomic E-state index is 10.4. The van der Waals surface area contributed by atoms with Crippen LogP contribution < -0.4 is 5.73 Å². The smallest absolute Gasteiger partial charge is 0.272 e. The van der Waals surface area contributed by atoms with Crippen LogP contribution >= 0.6 is 15.9 Å². The lowest BCUT2D eigenvalue weighted by atomic mass is 10.2. The lowest BCUT2D eigenvalue weighted by molar-refractivity contribution is -0.384. The molecule has 0 fully saturated rings. The van der Waals surface area contributed by atoms with Gasteiger partial charge in [0, 0.05) is 23.2 Å². The SMILES string of the molecule is CCO.N#Cc1cc([N+](=O)[O-])cc(Br)c1N. The van der Waals surface area contributed by atoms with Gasteiger partial charge in [-0.05, 0) is 22.9 Å². The number of benzene rings is 1. The topological polar surface area (TPSA) is 113 Å². The van der Waals surface area contributed by atoms with E-state index in [1.165, 1.54) is 6.07 Å². The van der Waals surface area contributed by atoms with Crippen molar-refractivity contribution in [2.75, 3.05) is 12.3 Å². The maximum absolute atomic E-state index is 10.4. The van der Waals surface area contributed by atoms with Crippen LogP contribution in [-0.2, 0) is 0 Å². The Kier molecular flexibility index (Phi) is 6.07. The first-order chi connectivity index (χ1) is 7.47. The van der Waals surface area contributed by atoms with Gasteiger partial charge >= 0.3 is 0 Å². The zero-order valence-corrected chi connectivity index (χ0v) is 10.1. The van der Waals surface area contributed by atoms with Crippen molar-refractivity contribution < 1.29 is 10.0 Å². The van der Waals surface area contributed by atoms with Crippen molar-refractivity contribution in [2.24, 2.45) is 0 Å². The molecule has 1 aromatic carbocycles. The number of nitrogen functional groups attached to an aromatic ring is 1. The molecule has 0 heterocycles. The lowest BCUT2D eigenvalue weighted by Gasteiger charge is -1.99. The number of nitriles is 1. The molecule has 0 aromatic heterocycles. The van der Waals surface area contributed by atoms with Gasteiger partial charge in [0.15, 0.2) is 0 Å². The number of rotatable bonds is 1. The summed E-state index contributed by atoms with van der Waals surface area (Å²) in [5, 5.41) is 26.5. The molecule has 0 saturated heterocycles. The van der Waals surface area contributed by atoms with Crippen LogP contribution in [0.25, 0.3) is 0 Å². The minimum Gasteiger partial charge on any atom is -0.397 e. The minimum atomic E-state index is -0.578. The number of hydrogen-bond donors (Lipinski definition) is 2. The van der Waals surface area contributed by atoms with Crippen LogP contribution in [0.15, 0.2) is 16.6 Å². The molecular weight excluding hydrogens is 278 g/mol. The largest absolute Gasteiger partial charge is 0.397 e. The third kappa shape index (κ3) is 3.84. The van der Waals surface area contributed by atoms with Gasteiger partial charge in [0.25, 0.3) is 5.69 Å². The second-order valence-corrected chi connectivity index (χ2v) is 3.43. The summed E-state index contributed by atoms with van der Waals surface area (Å²) in [6.07, 6.45) is 0. The fraction of sp³-hybridized carbons (Fsp3) is 0.222. The van der Waals surface area contributed by atoms with Crippen molar-refractivity contribution in [1.29, 1.82) is 5.26 Å². The first-order valence-corrected chi connectivity index (χ1v) is 5.01. The van der Waals surface area contributed by atoms with E-state index in [0.29, 0.717) is 4.47 Å². The molecule has 0 amide bonds. The second-order valence-electron chi connectivity index (χ2n) is 2.57. The minimum absolute atomic E-state index is 0.0982.